The van der Waals surface area contributed by atoms with Gasteiger partial charge < -0.3 is 4.57 Å². The number of aromatic nitrogens is 2. The van der Waals surface area contributed by atoms with Gasteiger partial charge in [-0.15, -0.1) is 11.6 Å². The highest BCUT2D eigenvalue weighted by Crippen LogP contribution is 2.33. The topological polar surface area (TPSA) is 17.8 Å². The lowest BCUT2D eigenvalue weighted by molar-refractivity contribution is 0.575. The van der Waals surface area contributed by atoms with Gasteiger partial charge in [0.15, 0.2) is 0 Å². The van der Waals surface area contributed by atoms with Gasteiger partial charge in [-0.05, 0) is 37.7 Å². The third-order valence-corrected chi connectivity index (χ3v) is 6.13. The molecular formula is C15H17Cl3N2S. The van der Waals surface area contributed by atoms with E-state index in [1.807, 2.05) is 30.8 Å². The molecule has 0 amide bonds. The van der Waals surface area contributed by atoms with Crippen molar-refractivity contribution in [3.63, 3.8) is 0 Å². The van der Waals surface area contributed by atoms with Crippen molar-refractivity contribution in [2.24, 2.45) is 0 Å². The Morgan fingerprint density at radius 1 is 1.33 bits per heavy atom. The molecule has 2 atom stereocenters. The second kappa shape index (κ2) is 6.57. The number of thioether (sulfide) groups is 1. The molecule has 2 aromatic rings. The molecule has 1 saturated heterocycles. The number of imidazole rings is 1. The summed E-state index contributed by atoms with van der Waals surface area (Å²) in [6.45, 7) is 2.89. The molecule has 1 aliphatic rings. The molecule has 2 nitrogen and oxygen atoms in total. The molecule has 0 N–H and O–H groups in total. The summed E-state index contributed by atoms with van der Waals surface area (Å²) < 4.78 is 2.22. The fourth-order valence-electron chi connectivity index (χ4n) is 2.79. The van der Waals surface area contributed by atoms with E-state index in [0.29, 0.717) is 15.3 Å². The van der Waals surface area contributed by atoms with E-state index < -0.39 is 0 Å². The van der Waals surface area contributed by atoms with Crippen LogP contribution in [0.3, 0.4) is 0 Å². The predicted octanol–water partition coefficient (Wildman–Crippen LogP) is 5.93. The van der Waals surface area contributed by atoms with E-state index in [0.717, 1.165) is 23.4 Å². The molecule has 21 heavy (non-hydrogen) atoms. The molecule has 1 aliphatic heterocycles. The number of hydrogen-bond acceptors (Lipinski definition) is 2. The van der Waals surface area contributed by atoms with Gasteiger partial charge in [0.2, 0.25) is 0 Å². The Morgan fingerprint density at radius 3 is 2.76 bits per heavy atom. The largest absolute Gasteiger partial charge is 0.326 e. The molecule has 0 radical (unpaired) electrons. The van der Waals surface area contributed by atoms with Crippen LogP contribution in [-0.4, -0.2) is 20.6 Å². The second-order valence-corrected chi connectivity index (χ2v) is 8.32. The van der Waals surface area contributed by atoms with E-state index in [-0.39, 0.29) is 5.38 Å². The van der Waals surface area contributed by atoms with Crippen LogP contribution in [0.2, 0.25) is 10.0 Å². The minimum atomic E-state index is -0.136. The van der Waals surface area contributed by atoms with Gasteiger partial charge in [0, 0.05) is 11.8 Å². The normalized spacial score (nSPS) is 20.9. The number of halogens is 3. The zero-order valence-corrected chi connectivity index (χ0v) is 14.9. The van der Waals surface area contributed by atoms with E-state index in [9.17, 15) is 0 Å². The Bertz CT molecular complexity index is 648. The second-order valence-electron chi connectivity index (χ2n) is 5.44. The molecule has 2 unspecified atom stereocenters. The molecule has 1 aromatic carbocycles. The summed E-state index contributed by atoms with van der Waals surface area (Å²) in [6, 6.07) is 3.73. The van der Waals surface area contributed by atoms with Crippen LogP contribution >= 0.6 is 46.6 Å². The van der Waals surface area contributed by atoms with Gasteiger partial charge in [-0.25, -0.2) is 4.98 Å². The maximum Gasteiger partial charge on any atom is 0.127 e. The van der Waals surface area contributed by atoms with Gasteiger partial charge in [-0.3, -0.25) is 0 Å². The first-order valence-corrected chi connectivity index (χ1v) is 9.41. The summed E-state index contributed by atoms with van der Waals surface area (Å²) in [7, 11) is 0. The molecule has 2 heterocycles. The average Bonchev–Trinajstić information content (AvgIpc) is 2.79. The van der Waals surface area contributed by atoms with Crippen LogP contribution in [0.4, 0.5) is 0 Å². The number of hydrogen-bond donors (Lipinski definition) is 0. The van der Waals surface area contributed by atoms with Gasteiger partial charge in [-0.1, -0.05) is 29.6 Å². The molecule has 6 heteroatoms. The zero-order chi connectivity index (χ0) is 15.0. The Hall–Kier alpha value is -0.0900. The van der Waals surface area contributed by atoms with Crippen molar-refractivity contribution in [2.45, 2.75) is 43.4 Å². The van der Waals surface area contributed by atoms with Gasteiger partial charge in [0.05, 0.1) is 26.5 Å². The van der Waals surface area contributed by atoms with Crippen molar-refractivity contribution >= 4 is 57.6 Å². The molecule has 0 aliphatic carbocycles. The lowest BCUT2D eigenvalue weighted by atomic mass is 10.2. The summed E-state index contributed by atoms with van der Waals surface area (Å²) in [6.07, 6.45) is 3.89. The first kappa shape index (κ1) is 15.8. The van der Waals surface area contributed by atoms with E-state index in [1.54, 1.807) is 0 Å². The standard InChI is InChI=1S/C15H17Cl3N2S/c1-9(16)15-19-13-6-11(17)12(18)7-14(13)20(15)8-10-4-2-3-5-21-10/h6-7,9-10H,2-5,8H2,1H3. The van der Waals surface area contributed by atoms with E-state index in [4.69, 9.17) is 34.8 Å². The van der Waals surface area contributed by atoms with Gasteiger partial charge >= 0.3 is 0 Å². The van der Waals surface area contributed by atoms with E-state index >= 15 is 0 Å². The number of fused-ring (bicyclic) bond motifs is 1. The Labute approximate surface area is 144 Å². The smallest absolute Gasteiger partial charge is 0.127 e. The number of alkyl halides is 1. The minimum Gasteiger partial charge on any atom is -0.326 e. The van der Waals surface area contributed by atoms with Crippen LogP contribution < -0.4 is 0 Å². The maximum absolute atomic E-state index is 6.32. The third kappa shape index (κ3) is 3.31. The van der Waals surface area contributed by atoms with Gasteiger partial charge in [0.25, 0.3) is 0 Å². The highest BCUT2D eigenvalue weighted by molar-refractivity contribution is 7.99. The van der Waals surface area contributed by atoms with Gasteiger partial charge in [-0.2, -0.15) is 11.8 Å². The summed E-state index contributed by atoms with van der Waals surface area (Å²) in [5, 5.41) is 1.59. The monoisotopic (exact) mass is 362 g/mol. The average molecular weight is 364 g/mol. The molecule has 1 fully saturated rings. The molecule has 0 bridgehead atoms. The van der Waals surface area contributed by atoms with Crippen LogP contribution in [0, 0.1) is 0 Å². The fourth-order valence-corrected chi connectivity index (χ4v) is 4.56. The van der Waals surface area contributed by atoms with Crippen molar-refractivity contribution in [3.05, 3.63) is 28.0 Å². The maximum atomic E-state index is 6.32. The molecular weight excluding hydrogens is 347 g/mol. The summed E-state index contributed by atoms with van der Waals surface area (Å²) in [5.41, 5.74) is 1.89. The first-order valence-electron chi connectivity index (χ1n) is 7.17. The summed E-state index contributed by atoms with van der Waals surface area (Å²) in [5.74, 6) is 2.14. The highest BCUT2D eigenvalue weighted by atomic mass is 35.5. The summed E-state index contributed by atoms with van der Waals surface area (Å²) >= 11 is 20.7. The van der Waals surface area contributed by atoms with Gasteiger partial charge in [0.1, 0.15) is 5.82 Å². The zero-order valence-electron chi connectivity index (χ0n) is 11.8. The first-order chi connectivity index (χ1) is 10.1. The quantitative estimate of drug-likeness (QED) is 0.629. The van der Waals surface area contributed by atoms with Crippen LogP contribution in [0.15, 0.2) is 12.1 Å². The summed E-state index contributed by atoms with van der Waals surface area (Å²) in [4.78, 5) is 4.66. The van der Waals surface area contributed by atoms with Crippen molar-refractivity contribution in [3.8, 4) is 0 Å². The minimum absolute atomic E-state index is 0.136. The number of nitrogens with zero attached hydrogens (tertiary/aromatic N) is 2. The van der Waals surface area contributed by atoms with Crippen molar-refractivity contribution in [1.29, 1.82) is 0 Å². The SMILES string of the molecule is CC(Cl)c1nc2cc(Cl)c(Cl)cc2n1CC1CCCCS1. The van der Waals surface area contributed by atoms with Crippen molar-refractivity contribution in [1.82, 2.24) is 9.55 Å². The van der Waals surface area contributed by atoms with E-state index in [1.165, 1.54) is 25.0 Å². The van der Waals surface area contributed by atoms with Crippen LogP contribution in [-0.2, 0) is 6.54 Å². The van der Waals surface area contributed by atoms with Crippen molar-refractivity contribution < 1.29 is 0 Å². The molecule has 0 saturated carbocycles. The highest BCUT2D eigenvalue weighted by Gasteiger charge is 2.21. The van der Waals surface area contributed by atoms with Crippen LogP contribution in [0.1, 0.15) is 37.4 Å². The molecule has 1 aromatic heterocycles. The predicted molar refractivity (Wildman–Crippen MR) is 94.1 cm³/mol. The molecule has 3 rings (SSSR count). The Balaban J connectivity index is 2.04. The fraction of sp³-hybridized carbons (Fsp3) is 0.533. The number of rotatable bonds is 3. The van der Waals surface area contributed by atoms with Crippen LogP contribution in [0.25, 0.3) is 11.0 Å². The Kier molecular flexibility index (Phi) is 4.94. The molecule has 0 spiro atoms. The third-order valence-electron chi connectivity index (χ3n) is 3.84. The molecule has 114 valence electrons. The lowest BCUT2D eigenvalue weighted by Gasteiger charge is -2.23. The number of benzene rings is 1. The Morgan fingerprint density at radius 2 is 2.10 bits per heavy atom. The lowest BCUT2D eigenvalue weighted by Crippen LogP contribution is -2.18. The van der Waals surface area contributed by atoms with Crippen molar-refractivity contribution in [2.75, 3.05) is 5.75 Å². The van der Waals surface area contributed by atoms with E-state index in [2.05, 4.69) is 9.55 Å². The van der Waals surface area contributed by atoms with Crippen LogP contribution in [0.5, 0.6) is 0 Å².